The van der Waals surface area contributed by atoms with E-state index < -0.39 is 0 Å². The summed E-state index contributed by atoms with van der Waals surface area (Å²) in [6, 6.07) is 10.2. The fourth-order valence-corrected chi connectivity index (χ4v) is 3.12. The van der Waals surface area contributed by atoms with Crippen molar-refractivity contribution in [2.45, 2.75) is 40.2 Å². The zero-order valence-electron chi connectivity index (χ0n) is 16.1. The summed E-state index contributed by atoms with van der Waals surface area (Å²) in [5.74, 6) is 0.580. The van der Waals surface area contributed by atoms with Crippen LogP contribution in [0.5, 0.6) is 5.88 Å². The van der Waals surface area contributed by atoms with Crippen molar-refractivity contribution in [1.82, 2.24) is 9.97 Å². The van der Waals surface area contributed by atoms with Crippen LogP contribution < -0.4 is 10.1 Å². The number of Topliss-reactive ketones (excluding diaryl/α,β-unsaturated/α-hetero) is 1. The van der Waals surface area contributed by atoms with Gasteiger partial charge < -0.3 is 10.1 Å². The maximum absolute atomic E-state index is 12.7. The second kappa shape index (κ2) is 8.62. The summed E-state index contributed by atoms with van der Waals surface area (Å²) in [6.45, 7) is 7.12. The highest BCUT2D eigenvalue weighted by Gasteiger charge is 2.17. The monoisotopic (exact) mass is 363 g/mol. The summed E-state index contributed by atoms with van der Waals surface area (Å²) >= 11 is 0. The molecule has 0 radical (unpaired) electrons. The van der Waals surface area contributed by atoms with Gasteiger partial charge in [0.05, 0.1) is 17.9 Å². The lowest BCUT2D eigenvalue weighted by atomic mass is 10.0. The predicted molar refractivity (Wildman–Crippen MR) is 108 cm³/mol. The van der Waals surface area contributed by atoms with Gasteiger partial charge in [-0.3, -0.25) is 4.79 Å². The van der Waals surface area contributed by atoms with Crippen molar-refractivity contribution in [3.63, 3.8) is 0 Å². The minimum absolute atomic E-state index is 0.0911. The van der Waals surface area contributed by atoms with E-state index in [-0.39, 0.29) is 5.78 Å². The Labute approximate surface area is 159 Å². The molecule has 2 aromatic heterocycles. The number of rotatable bonds is 8. The number of fused-ring (bicyclic) bond motifs is 1. The van der Waals surface area contributed by atoms with Crippen LogP contribution in [0.15, 0.2) is 42.7 Å². The van der Waals surface area contributed by atoms with Crippen molar-refractivity contribution in [3.05, 3.63) is 59.4 Å². The minimum atomic E-state index is 0.0911. The standard InChI is InChI=1S/C22H25N3O2/c1-4-7-19(26)18-14-25-21-17(10-11-23-22(21)27-5-2)20(18)24-13-16-9-6-8-15(3)12-16/h6,8-12,14H,4-5,7,13H2,1-3H3,(H,24,25). The van der Waals surface area contributed by atoms with Gasteiger partial charge in [0, 0.05) is 30.7 Å². The Hall–Kier alpha value is -2.95. The molecule has 0 atom stereocenters. The number of pyridine rings is 2. The molecule has 0 unspecified atom stereocenters. The molecule has 3 aromatic rings. The molecule has 1 N–H and O–H groups in total. The lowest BCUT2D eigenvalue weighted by molar-refractivity contribution is 0.0982. The van der Waals surface area contributed by atoms with Crippen LogP contribution in [-0.2, 0) is 6.54 Å². The smallest absolute Gasteiger partial charge is 0.240 e. The molecule has 2 heterocycles. The maximum Gasteiger partial charge on any atom is 0.240 e. The van der Waals surface area contributed by atoms with Crippen LogP contribution >= 0.6 is 0 Å². The third kappa shape index (κ3) is 4.25. The number of ether oxygens (including phenoxy) is 1. The fourth-order valence-electron chi connectivity index (χ4n) is 3.12. The molecule has 140 valence electrons. The topological polar surface area (TPSA) is 64.1 Å². The maximum atomic E-state index is 12.7. The Kier molecular flexibility index (Phi) is 6.01. The van der Waals surface area contributed by atoms with Crippen molar-refractivity contribution < 1.29 is 9.53 Å². The third-order valence-corrected chi connectivity index (χ3v) is 4.36. The number of hydrogen-bond acceptors (Lipinski definition) is 5. The van der Waals surface area contributed by atoms with E-state index in [1.807, 2.05) is 26.0 Å². The van der Waals surface area contributed by atoms with Crippen LogP contribution in [0.25, 0.3) is 10.9 Å². The van der Waals surface area contributed by atoms with Crippen LogP contribution in [0.4, 0.5) is 5.69 Å². The molecule has 3 rings (SSSR count). The number of aromatic nitrogens is 2. The molecular weight excluding hydrogens is 338 g/mol. The molecule has 0 aliphatic heterocycles. The molecule has 0 aliphatic rings. The molecule has 0 saturated carbocycles. The van der Waals surface area contributed by atoms with Crippen molar-refractivity contribution >= 4 is 22.4 Å². The molecule has 0 fully saturated rings. The summed E-state index contributed by atoms with van der Waals surface area (Å²) < 4.78 is 5.61. The first kappa shape index (κ1) is 18.8. The number of benzene rings is 1. The number of hydrogen-bond donors (Lipinski definition) is 1. The van der Waals surface area contributed by atoms with Gasteiger partial charge in [0.1, 0.15) is 5.52 Å². The number of aryl methyl sites for hydroxylation is 1. The molecule has 0 spiro atoms. The molecule has 5 nitrogen and oxygen atoms in total. The molecule has 0 bridgehead atoms. The summed E-state index contributed by atoms with van der Waals surface area (Å²) in [5.41, 5.74) is 4.44. The van der Waals surface area contributed by atoms with Gasteiger partial charge in [-0.05, 0) is 31.9 Å². The number of ketones is 1. The van der Waals surface area contributed by atoms with Gasteiger partial charge in [-0.15, -0.1) is 0 Å². The Morgan fingerprint density at radius 1 is 1.19 bits per heavy atom. The van der Waals surface area contributed by atoms with E-state index in [0.29, 0.717) is 36.5 Å². The van der Waals surface area contributed by atoms with Gasteiger partial charge in [0.25, 0.3) is 0 Å². The van der Waals surface area contributed by atoms with Gasteiger partial charge in [-0.1, -0.05) is 36.8 Å². The zero-order chi connectivity index (χ0) is 19.2. The molecule has 5 heteroatoms. The first-order chi connectivity index (χ1) is 13.1. The molecule has 0 amide bonds. The van der Waals surface area contributed by atoms with Gasteiger partial charge in [-0.2, -0.15) is 0 Å². The first-order valence-corrected chi connectivity index (χ1v) is 9.37. The lowest BCUT2D eigenvalue weighted by Crippen LogP contribution is -2.09. The van der Waals surface area contributed by atoms with Gasteiger partial charge in [-0.25, -0.2) is 9.97 Å². The predicted octanol–water partition coefficient (Wildman–Crippen LogP) is 4.93. The highest BCUT2D eigenvalue weighted by atomic mass is 16.5. The Balaban J connectivity index is 2.05. The van der Waals surface area contributed by atoms with E-state index in [1.54, 1.807) is 12.4 Å². The Morgan fingerprint density at radius 2 is 2.04 bits per heavy atom. The minimum Gasteiger partial charge on any atom is -0.476 e. The van der Waals surface area contributed by atoms with Gasteiger partial charge in [0.2, 0.25) is 5.88 Å². The van der Waals surface area contributed by atoms with Gasteiger partial charge in [0.15, 0.2) is 5.78 Å². The lowest BCUT2D eigenvalue weighted by Gasteiger charge is -2.15. The summed E-state index contributed by atoms with van der Waals surface area (Å²) in [5, 5.41) is 4.31. The van der Waals surface area contributed by atoms with Crippen LogP contribution in [0.1, 0.15) is 48.2 Å². The number of carbonyl (C=O) groups excluding carboxylic acids is 1. The van der Waals surface area contributed by atoms with Crippen molar-refractivity contribution in [1.29, 1.82) is 0 Å². The highest BCUT2D eigenvalue weighted by molar-refractivity contribution is 6.08. The van der Waals surface area contributed by atoms with Crippen LogP contribution in [-0.4, -0.2) is 22.4 Å². The third-order valence-electron chi connectivity index (χ3n) is 4.36. The quantitative estimate of drug-likeness (QED) is 0.575. The molecule has 0 saturated heterocycles. The SMILES string of the molecule is CCCC(=O)c1cnc2c(OCC)nccc2c1NCc1cccc(C)c1. The second-order valence-electron chi connectivity index (χ2n) is 6.51. The molecule has 27 heavy (non-hydrogen) atoms. The van der Waals surface area contributed by atoms with Gasteiger partial charge >= 0.3 is 0 Å². The van der Waals surface area contributed by atoms with Crippen molar-refractivity contribution in [2.24, 2.45) is 0 Å². The Morgan fingerprint density at radius 3 is 2.78 bits per heavy atom. The van der Waals surface area contributed by atoms with Crippen LogP contribution in [0.2, 0.25) is 0 Å². The largest absolute Gasteiger partial charge is 0.476 e. The molecule has 0 aliphatic carbocycles. The van der Waals surface area contributed by atoms with Crippen LogP contribution in [0.3, 0.4) is 0 Å². The zero-order valence-corrected chi connectivity index (χ0v) is 16.1. The summed E-state index contributed by atoms with van der Waals surface area (Å²) in [7, 11) is 0. The summed E-state index contributed by atoms with van der Waals surface area (Å²) in [4.78, 5) is 21.4. The highest BCUT2D eigenvalue weighted by Crippen LogP contribution is 2.31. The molecule has 1 aromatic carbocycles. The summed E-state index contributed by atoms with van der Waals surface area (Å²) in [6.07, 6.45) is 4.63. The van der Waals surface area contributed by atoms with Crippen LogP contribution in [0, 0.1) is 6.92 Å². The number of nitrogens with one attached hydrogen (secondary N) is 1. The second-order valence-corrected chi connectivity index (χ2v) is 6.51. The average molecular weight is 363 g/mol. The normalized spacial score (nSPS) is 10.8. The van der Waals surface area contributed by atoms with E-state index in [0.717, 1.165) is 23.1 Å². The molecular formula is C22H25N3O2. The van der Waals surface area contributed by atoms with Crippen molar-refractivity contribution in [3.8, 4) is 5.88 Å². The van der Waals surface area contributed by atoms with E-state index in [1.165, 1.54) is 5.56 Å². The first-order valence-electron chi connectivity index (χ1n) is 9.37. The number of carbonyl (C=O) groups is 1. The van der Waals surface area contributed by atoms with E-state index in [2.05, 4.69) is 40.4 Å². The van der Waals surface area contributed by atoms with E-state index in [4.69, 9.17) is 4.74 Å². The number of anilines is 1. The van der Waals surface area contributed by atoms with E-state index in [9.17, 15) is 4.79 Å². The average Bonchev–Trinajstić information content (AvgIpc) is 2.66. The van der Waals surface area contributed by atoms with E-state index >= 15 is 0 Å². The number of nitrogens with zero attached hydrogens (tertiary/aromatic N) is 2. The fraction of sp³-hybridized carbons (Fsp3) is 0.318. The van der Waals surface area contributed by atoms with Crippen molar-refractivity contribution in [2.75, 3.05) is 11.9 Å². The Bertz CT molecular complexity index is 953.